The Kier molecular flexibility index (Phi) is 4.78. The van der Waals surface area contributed by atoms with Crippen molar-refractivity contribution in [2.24, 2.45) is 0 Å². The van der Waals surface area contributed by atoms with Gasteiger partial charge in [0.05, 0.1) is 19.5 Å². The summed E-state index contributed by atoms with van der Waals surface area (Å²) in [5.41, 5.74) is 0.597. The lowest BCUT2D eigenvalue weighted by atomic mass is 10.1. The van der Waals surface area contributed by atoms with E-state index in [9.17, 15) is 18.3 Å². The standard InChI is InChI=1S/C16H19N3O5S/c1-24-15-8-3-2-6-13(15)18-11-12(10-17-18)25(22,23)19-9-5-4-7-14(19)16(20)21/h2-3,6,8,10-11,14H,4-5,7,9H2,1H3,(H,20,21). The summed E-state index contributed by atoms with van der Waals surface area (Å²) < 4.78 is 33.5. The molecule has 0 spiro atoms. The largest absolute Gasteiger partial charge is 0.494 e. The average molecular weight is 365 g/mol. The molecule has 0 amide bonds. The number of hydrogen-bond donors (Lipinski definition) is 1. The number of rotatable bonds is 5. The molecule has 3 rings (SSSR count). The molecule has 1 aromatic carbocycles. The second kappa shape index (κ2) is 6.85. The Morgan fingerprint density at radius 2 is 2.08 bits per heavy atom. The van der Waals surface area contributed by atoms with Crippen LogP contribution in [0.1, 0.15) is 19.3 Å². The predicted octanol–water partition coefficient (Wildman–Crippen LogP) is 1.51. The molecule has 1 N–H and O–H groups in total. The molecule has 2 heterocycles. The molecule has 0 bridgehead atoms. The van der Waals surface area contributed by atoms with Gasteiger partial charge in [-0.15, -0.1) is 0 Å². The maximum absolute atomic E-state index is 12.9. The number of methoxy groups -OCH3 is 1. The number of para-hydroxylation sites is 2. The van der Waals surface area contributed by atoms with Gasteiger partial charge in [0.2, 0.25) is 10.0 Å². The molecular formula is C16H19N3O5S. The minimum Gasteiger partial charge on any atom is -0.494 e. The van der Waals surface area contributed by atoms with Gasteiger partial charge in [-0.25, -0.2) is 13.1 Å². The summed E-state index contributed by atoms with van der Waals surface area (Å²) >= 11 is 0. The number of benzene rings is 1. The number of piperidine rings is 1. The SMILES string of the molecule is COc1ccccc1-n1cc(S(=O)(=O)N2CCCCC2C(=O)O)cn1. The van der Waals surface area contributed by atoms with Crippen molar-refractivity contribution in [2.75, 3.05) is 13.7 Å². The molecule has 1 unspecified atom stereocenters. The van der Waals surface area contributed by atoms with E-state index in [2.05, 4.69) is 5.10 Å². The number of carboxylic acid groups (broad SMARTS) is 1. The quantitative estimate of drug-likeness (QED) is 0.862. The van der Waals surface area contributed by atoms with Crippen molar-refractivity contribution in [2.45, 2.75) is 30.2 Å². The Labute approximate surface area is 145 Å². The van der Waals surface area contributed by atoms with E-state index in [1.807, 2.05) is 0 Å². The zero-order valence-corrected chi connectivity index (χ0v) is 14.5. The van der Waals surface area contributed by atoms with Crippen molar-refractivity contribution in [3.05, 3.63) is 36.7 Å². The molecule has 1 aromatic heterocycles. The number of carboxylic acids is 1. The molecule has 25 heavy (non-hydrogen) atoms. The van der Waals surface area contributed by atoms with E-state index in [1.54, 1.807) is 24.3 Å². The van der Waals surface area contributed by atoms with Crippen LogP contribution in [0.3, 0.4) is 0 Å². The first-order valence-electron chi connectivity index (χ1n) is 7.88. The zero-order valence-electron chi connectivity index (χ0n) is 13.7. The number of nitrogens with zero attached hydrogens (tertiary/aromatic N) is 3. The summed E-state index contributed by atoms with van der Waals surface area (Å²) in [5, 5.41) is 13.4. The second-order valence-electron chi connectivity index (χ2n) is 5.76. The smallest absolute Gasteiger partial charge is 0.322 e. The Morgan fingerprint density at radius 1 is 1.32 bits per heavy atom. The minimum atomic E-state index is -3.93. The summed E-state index contributed by atoms with van der Waals surface area (Å²) in [5.74, 6) is -0.573. The van der Waals surface area contributed by atoms with Gasteiger partial charge in [0.25, 0.3) is 0 Å². The zero-order chi connectivity index (χ0) is 18.0. The number of carbonyl (C=O) groups is 1. The van der Waals surface area contributed by atoms with E-state index in [1.165, 1.54) is 24.2 Å². The predicted molar refractivity (Wildman–Crippen MR) is 89.3 cm³/mol. The van der Waals surface area contributed by atoms with Gasteiger partial charge in [-0.1, -0.05) is 12.1 Å². The fraction of sp³-hybridized carbons (Fsp3) is 0.375. The van der Waals surface area contributed by atoms with Gasteiger partial charge in [0.1, 0.15) is 22.4 Å². The second-order valence-corrected chi connectivity index (χ2v) is 7.65. The summed E-state index contributed by atoms with van der Waals surface area (Å²) in [7, 11) is -2.42. The van der Waals surface area contributed by atoms with Crippen molar-refractivity contribution in [1.29, 1.82) is 0 Å². The van der Waals surface area contributed by atoms with Crippen LogP contribution in [0.4, 0.5) is 0 Å². The number of hydrogen-bond acceptors (Lipinski definition) is 5. The summed E-state index contributed by atoms with van der Waals surface area (Å²) in [4.78, 5) is 11.4. The molecule has 134 valence electrons. The van der Waals surface area contributed by atoms with Crippen LogP contribution in [-0.4, -0.2) is 53.3 Å². The fourth-order valence-corrected chi connectivity index (χ4v) is 4.55. The van der Waals surface area contributed by atoms with Gasteiger partial charge in [-0.05, 0) is 31.4 Å². The Hall–Kier alpha value is -2.39. The fourth-order valence-electron chi connectivity index (χ4n) is 2.97. The lowest BCUT2D eigenvalue weighted by Crippen LogP contribution is -2.47. The van der Waals surface area contributed by atoms with Gasteiger partial charge < -0.3 is 9.84 Å². The molecule has 0 aliphatic carbocycles. The normalized spacial score (nSPS) is 18.8. The van der Waals surface area contributed by atoms with Gasteiger partial charge in [0, 0.05) is 6.54 Å². The molecule has 2 aromatic rings. The molecule has 0 saturated carbocycles. The van der Waals surface area contributed by atoms with E-state index in [4.69, 9.17) is 4.74 Å². The van der Waals surface area contributed by atoms with Crippen molar-refractivity contribution < 1.29 is 23.1 Å². The van der Waals surface area contributed by atoms with Crippen molar-refractivity contribution in [3.63, 3.8) is 0 Å². The van der Waals surface area contributed by atoms with E-state index in [-0.39, 0.29) is 11.4 Å². The first-order chi connectivity index (χ1) is 11.9. The van der Waals surface area contributed by atoms with Crippen LogP contribution in [0.15, 0.2) is 41.6 Å². The van der Waals surface area contributed by atoms with E-state index < -0.39 is 22.0 Å². The highest BCUT2D eigenvalue weighted by Gasteiger charge is 2.38. The summed E-state index contributed by atoms with van der Waals surface area (Å²) in [6.45, 7) is 0.194. The molecule has 9 heteroatoms. The third-order valence-electron chi connectivity index (χ3n) is 4.24. The Balaban J connectivity index is 1.96. The number of ether oxygens (including phenoxy) is 1. The Bertz CT molecular complexity index is 877. The minimum absolute atomic E-state index is 0.0356. The maximum Gasteiger partial charge on any atom is 0.322 e. The van der Waals surface area contributed by atoms with Gasteiger partial charge in [-0.2, -0.15) is 9.40 Å². The maximum atomic E-state index is 12.9. The molecule has 1 aliphatic rings. The summed E-state index contributed by atoms with van der Waals surface area (Å²) in [6, 6.07) is 6.06. The first kappa shape index (κ1) is 17.4. The van der Waals surface area contributed by atoms with Crippen molar-refractivity contribution in [3.8, 4) is 11.4 Å². The van der Waals surface area contributed by atoms with Crippen LogP contribution in [0.2, 0.25) is 0 Å². The molecule has 8 nitrogen and oxygen atoms in total. The molecule has 1 aliphatic heterocycles. The highest BCUT2D eigenvalue weighted by atomic mass is 32.2. The molecule has 1 saturated heterocycles. The summed E-state index contributed by atoms with van der Waals surface area (Å²) in [6.07, 6.45) is 4.26. The average Bonchev–Trinajstić information content (AvgIpc) is 3.12. The number of aliphatic carboxylic acids is 1. The van der Waals surface area contributed by atoms with Gasteiger partial charge >= 0.3 is 5.97 Å². The van der Waals surface area contributed by atoms with Crippen LogP contribution in [0.25, 0.3) is 5.69 Å². The molecule has 1 atom stereocenters. The number of aromatic nitrogens is 2. The van der Waals surface area contributed by atoms with Crippen molar-refractivity contribution in [1.82, 2.24) is 14.1 Å². The number of sulfonamides is 1. The van der Waals surface area contributed by atoms with Crippen LogP contribution in [-0.2, 0) is 14.8 Å². The third kappa shape index (κ3) is 3.24. The first-order valence-corrected chi connectivity index (χ1v) is 9.32. The van der Waals surface area contributed by atoms with Crippen LogP contribution < -0.4 is 4.74 Å². The van der Waals surface area contributed by atoms with Gasteiger partial charge in [0.15, 0.2) is 0 Å². The third-order valence-corrected chi connectivity index (χ3v) is 6.10. The Morgan fingerprint density at radius 3 is 2.80 bits per heavy atom. The van der Waals surface area contributed by atoms with E-state index >= 15 is 0 Å². The molecule has 1 fully saturated rings. The monoisotopic (exact) mass is 365 g/mol. The van der Waals surface area contributed by atoms with Gasteiger partial charge in [-0.3, -0.25) is 4.79 Å². The van der Waals surface area contributed by atoms with Crippen LogP contribution >= 0.6 is 0 Å². The lowest BCUT2D eigenvalue weighted by molar-refractivity contribution is -0.142. The highest BCUT2D eigenvalue weighted by Crippen LogP contribution is 2.27. The van der Waals surface area contributed by atoms with Crippen LogP contribution in [0.5, 0.6) is 5.75 Å². The highest BCUT2D eigenvalue weighted by molar-refractivity contribution is 7.89. The topological polar surface area (TPSA) is 102 Å². The van der Waals surface area contributed by atoms with E-state index in [0.717, 1.165) is 4.31 Å². The van der Waals surface area contributed by atoms with Crippen molar-refractivity contribution >= 4 is 16.0 Å². The molecule has 0 radical (unpaired) electrons. The lowest BCUT2D eigenvalue weighted by Gasteiger charge is -2.31. The molecular weight excluding hydrogens is 346 g/mol. The van der Waals surface area contributed by atoms with Crippen LogP contribution in [0, 0.1) is 0 Å². The van der Waals surface area contributed by atoms with E-state index in [0.29, 0.717) is 30.7 Å².